The second-order valence-corrected chi connectivity index (χ2v) is 9.75. The third kappa shape index (κ3) is 4.57. The third-order valence-electron chi connectivity index (χ3n) is 3.81. The largest absolute Gasteiger partial charge is 0.349 e. The standard InChI is InChI=1S/C18H18N2O3S3/c1-12(13-5-7-15(8-6-13)26(2,22)23)19-17(21)10-14-11-25-18(20-14)16-4-3-9-24-16/h3-9,11-12H,10H2,1-2H3,(H,19,21). The van der Waals surface area contributed by atoms with Gasteiger partial charge in [0.05, 0.1) is 27.9 Å². The summed E-state index contributed by atoms with van der Waals surface area (Å²) in [5.74, 6) is -0.118. The molecule has 0 aliphatic heterocycles. The molecule has 3 aromatic rings. The third-order valence-corrected chi connectivity index (χ3v) is 6.87. The molecule has 1 aromatic carbocycles. The van der Waals surface area contributed by atoms with Gasteiger partial charge in [-0.15, -0.1) is 22.7 Å². The number of rotatable bonds is 6. The van der Waals surface area contributed by atoms with E-state index < -0.39 is 9.84 Å². The van der Waals surface area contributed by atoms with Crippen LogP contribution in [0.15, 0.2) is 52.1 Å². The van der Waals surface area contributed by atoms with Crippen LogP contribution in [0.25, 0.3) is 9.88 Å². The van der Waals surface area contributed by atoms with E-state index in [1.165, 1.54) is 17.6 Å². The molecule has 2 heterocycles. The topological polar surface area (TPSA) is 76.1 Å². The Bertz CT molecular complexity index is 991. The highest BCUT2D eigenvalue weighted by molar-refractivity contribution is 7.90. The number of benzene rings is 1. The first-order valence-corrected chi connectivity index (χ1v) is 11.6. The highest BCUT2D eigenvalue weighted by Gasteiger charge is 2.14. The molecule has 2 aromatic heterocycles. The van der Waals surface area contributed by atoms with Gasteiger partial charge in [0, 0.05) is 11.6 Å². The number of carbonyl (C=O) groups is 1. The summed E-state index contributed by atoms with van der Waals surface area (Å²) >= 11 is 3.15. The van der Waals surface area contributed by atoms with E-state index in [1.807, 2.05) is 29.8 Å². The number of carbonyl (C=O) groups excluding carboxylic acids is 1. The molecule has 0 saturated heterocycles. The quantitative estimate of drug-likeness (QED) is 0.677. The van der Waals surface area contributed by atoms with Crippen LogP contribution in [0.3, 0.4) is 0 Å². The van der Waals surface area contributed by atoms with E-state index in [0.717, 1.165) is 21.1 Å². The van der Waals surface area contributed by atoms with Gasteiger partial charge in [0.15, 0.2) is 9.84 Å². The van der Waals surface area contributed by atoms with Gasteiger partial charge in [0.1, 0.15) is 5.01 Å². The molecule has 1 N–H and O–H groups in total. The zero-order valence-corrected chi connectivity index (χ0v) is 16.7. The molecule has 0 aliphatic carbocycles. The summed E-state index contributed by atoms with van der Waals surface area (Å²) in [4.78, 5) is 18.2. The van der Waals surface area contributed by atoms with Crippen LogP contribution in [0, 0.1) is 0 Å². The zero-order chi connectivity index (χ0) is 18.7. The van der Waals surface area contributed by atoms with Crippen molar-refractivity contribution in [3.8, 4) is 9.88 Å². The Kier molecular flexibility index (Phi) is 5.55. The van der Waals surface area contributed by atoms with E-state index in [1.54, 1.807) is 35.6 Å². The highest BCUT2D eigenvalue weighted by Crippen LogP contribution is 2.28. The molecule has 0 aliphatic rings. The lowest BCUT2D eigenvalue weighted by Crippen LogP contribution is -2.28. The highest BCUT2D eigenvalue weighted by atomic mass is 32.2. The van der Waals surface area contributed by atoms with Gasteiger partial charge in [0.2, 0.25) is 5.91 Å². The number of hydrogen-bond donors (Lipinski definition) is 1. The Morgan fingerprint density at radius 1 is 1.19 bits per heavy atom. The molecule has 1 amide bonds. The maximum atomic E-state index is 12.3. The minimum Gasteiger partial charge on any atom is -0.349 e. The van der Waals surface area contributed by atoms with Gasteiger partial charge >= 0.3 is 0 Å². The number of aromatic nitrogens is 1. The van der Waals surface area contributed by atoms with Crippen molar-refractivity contribution < 1.29 is 13.2 Å². The molecule has 5 nitrogen and oxygen atoms in total. The summed E-state index contributed by atoms with van der Waals surface area (Å²) in [5.41, 5.74) is 1.60. The van der Waals surface area contributed by atoms with Crippen molar-refractivity contribution in [2.45, 2.75) is 24.3 Å². The maximum Gasteiger partial charge on any atom is 0.226 e. The van der Waals surface area contributed by atoms with Crippen LogP contribution in [0.5, 0.6) is 0 Å². The number of hydrogen-bond acceptors (Lipinski definition) is 6. The van der Waals surface area contributed by atoms with Crippen molar-refractivity contribution in [3.63, 3.8) is 0 Å². The van der Waals surface area contributed by atoms with Crippen LogP contribution in [0.1, 0.15) is 24.2 Å². The molecule has 0 fully saturated rings. The molecule has 0 spiro atoms. The fourth-order valence-electron chi connectivity index (χ4n) is 2.45. The fraction of sp³-hybridized carbons (Fsp3) is 0.222. The predicted molar refractivity (Wildman–Crippen MR) is 105 cm³/mol. The van der Waals surface area contributed by atoms with Crippen LogP contribution in [-0.2, 0) is 21.1 Å². The Balaban J connectivity index is 1.61. The molecular weight excluding hydrogens is 388 g/mol. The summed E-state index contributed by atoms with van der Waals surface area (Å²) in [5, 5.41) is 7.75. The number of amides is 1. The van der Waals surface area contributed by atoms with E-state index in [-0.39, 0.29) is 23.3 Å². The van der Waals surface area contributed by atoms with Crippen LogP contribution < -0.4 is 5.32 Å². The van der Waals surface area contributed by atoms with Crippen molar-refractivity contribution in [2.75, 3.05) is 6.26 Å². The number of thiophene rings is 1. The van der Waals surface area contributed by atoms with Gasteiger partial charge in [0.25, 0.3) is 0 Å². The number of nitrogens with one attached hydrogen (secondary N) is 1. The molecule has 26 heavy (non-hydrogen) atoms. The van der Waals surface area contributed by atoms with Crippen LogP contribution in [-0.4, -0.2) is 25.6 Å². The predicted octanol–water partition coefficient (Wildman–Crippen LogP) is 3.70. The zero-order valence-electron chi connectivity index (χ0n) is 14.3. The van der Waals surface area contributed by atoms with Gasteiger partial charge < -0.3 is 5.32 Å². The van der Waals surface area contributed by atoms with Crippen molar-refractivity contribution in [1.82, 2.24) is 10.3 Å². The Labute approximate surface area is 160 Å². The van der Waals surface area contributed by atoms with Crippen LogP contribution in [0.4, 0.5) is 0 Å². The van der Waals surface area contributed by atoms with E-state index in [4.69, 9.17) is 0 Å². The summed E-state index contributed by atoms with van der Waals surface area (Å²) in [6.45, 7) is 1.87. The molecule has 8 heteroatoms. The summed E-state index contributed by atoms with van der Waals surface area (Å²) in [6, 6.07) is 10.3. The van der Waals surface area contributed by atoms with Crippen molar-refractivity contribution in [1.29, 1.82) is 0 Å². The van der Waals surface area contributed by atoms with E-state index in [9.17, 15) is 13.2 Å². The minimum absolute atomic E-state index is 0.118. The summed E-state index contributed by atoms with van der Waals surface area (Å²) in [6.07, 6.45) is 1.39. The molecule has 0 radical (unpaired) electrons. The lowest BCUT2D eigenvalue weighted by Gasteiger charge is -2.14. The lowest BCUT2D eigenvalue weighted by molar-refractivity contribution is -0.121. The SMILES string of the molecule is CC(NC(=O)Cc1csc(-c2cccs2)n1)c1ccc(S(C)(=O)=O)cc1. The number of nitrogens with zero attached hydrogens (tertiary/aromatic N) is 1. The van der Waals surface area contributed by atoms with Gasteiger partial charge in [-0.05, 0) is 36.1 Å². The molecule has 0 bridgehead atoms. The second kappa shape index (κ2) is 7.69. The maximum absolute atomic E-state index is 12.3. The molecule has 1 unspecified atom stereocenters. The van der Waals surface area contributed by atoms with Crippen molar-refractivity contribution in [3.05, 3.63) is 58.4 Å². The van der Waals surface area contributed by atoms with Crippen LogP contribution >= 0.6 is 22.7 Å². The Morgan fingerprint density at radius 2 is 1.92 bits per heavy atom. The van der Waals surface area contributed by atoms with Gasteiger partial charge in [-0.3, -0.25) is 4.79 Å². The summed E-state index contributed by atoms with van der Waals surface area (Å²) < 4.78 is 23.0. The van der Waals surface area contributed by atoms with Gasteiger partial charge in [-0.1, -0.05) is 18.2 Å². The first-order chi connectivity index (χ1) is 12.3. The number of thiazole rings is 1. The molecular formula is C18H18N2O3S3. The van der Waals surface area contributed by atoms with E-state index >= 15 is 0 Å². The lowest BCUT2D eigenvalue weighted by atomic mass is 10.1. The summed E-state index contributed by atoms with van der Waals surface area (Å²) in [7, 11) is -3.22. The molecule has 3 rings (SSSR count). The monoisotopic (exact) mass is 406 g/mol. The average molecular weight is 407 g/mol. The fourth-order valence-corrected chi connectivity index (χ4v) is 4.71. The van der Waals surface area contributed by atoms with E-state index in [0.29, 0.717) is 0 Å². The number of sulfone groups is 1. The first kappa shape index (κ1) is 18.8. The molecule has 1 atom stereocenters. The normalized spacial score (nSPS) is 12.7. The van der Waals surface area contributed by atoms with Crippen LogP contribution in [0.2, 0.25) is 0 Å². The second-order valence-electron chi connectivity index (χ2n) is 5.93. The smallest absolute Gasteiger partial charge is 0.226 e. The first-order valence-electron chi connectivity index (χ1n) is 7.90. The van der Waals surface area contributed by atoms with Gasteiger partial charge in [-0.2, -0.15) is 0 Å². The molecule has 0 saturated carbocycles. The van der Waals surface area contributed by atoms with E-state index in [2.05, 4.69) is 10.3 Å². The average Bonchev–Trinajstić information content (AvgIpc) is 3.25. The minimum atomic E-state index is -3.22. The Morgan fingerprint density at radius 3 is 2.54 bits per heavy atom. The van der Waals surface area contributed by atoms with Gasteiger partial charge in [-0.25, -0.2) is 13.4 Å². The van der Waals surface area contributed by atoms with Crippen molar-refractivity contribution >= 4 is 38.4 Å². The van der Waals surface area contributed by atoms with Crippen molar-refractivity contribution in [2.24, 2.45) is 0 Å². The Hall–Kier alpha value is -2.03. The molecule has 136 valence electrons.